The van der Waals surface area contributed by atoms with Crippen molar-refractivity contribution in [3.8, 4) is 0 Å². The number of aliphatic hydroxyl groups excluding tert-OH is 1. The number of morpholine rings is 1. The van der Waals surface area contributed by atoms with Gasteiger partial charge in [0.15, 0.2) is 0 Å². The number of amides is 2. The third-order valence-corrected chi connectivity index (χ3v) is 4.11. The molecule has 1 heterocycles. The number of carbonyl (C=O) groups is 2. The molecule has 138 valence electrons. The molecule has 1 aromatic carbocycles. The van der Waals surface area contributed by atoms with Crippen molar-refractivity contribution in [1.82, 2.24) is 15.1 Å². The first-order valence-electron chi connectivity index (χ1n) is 8.72. The highest BCUT2D eigenvalue weighted by molar-refractivity contribution is 6.34. The van der Waals surface area contributed by atoms with E-state index in [1.807, 2.05) is 30.3 Å². The molecule has 7 heteroatoms. The number of carbonyl (C=O) groups excluding carboxylic acids is 2. The molecule has 2 amide bonds. The molecule has 2 N–H and O–H groups in total. The summed E-state index contributed by atoms with van der Waals surface area (Å²) < 4.78 is 5.29. The Morgan fingerprint density at radius 3 is 2.60 bits per heavy atom. The van der Waals surface area contributed by atoms with Crippen LogP contribution in [0.5, 0.6) is 0 Å². The zero-order valence-electron chi connectivity index (χ0n) is 14.5. The van der Waals surface area contributed by atoms with Crippen LogP contribution in [0.4, 0.5) is 0 Å². The van der Waals surface area contributed by atoms with E-state index < -0.39 is 11.8 Å². The van der Waals surface area contributed by atoms with Crippen molar-refractivity contribution in [2.75, 3.05) is 52.5 Å². The predicted octanol–water partition coefficient (Wildman–Crippen LogP) is -0.154. The van der Waals surface area contributed by atoms with E-state index in [0.29, 0.717) is 13.1 Å². The molecule has 25 heavy (non-hydrogen) atoms. The van der Waals surface area contributed by atoms with E-state index >= 15 is 0 Å². The minimum absolute atomic E-state index is 0.134. The molecule has 0 unspecified atom stereocenters. The van der Waals surface area contributed by atoms with Crippen LogP contribution in [0.25, 0.3) is 0 Å². The number of nitrogens with one attached hydrogen (secondary N) is 1. The van der Waals surface area contributed by atoms with Crippen molar-refractivity contribution in [2.24, 2.45) is 0 Å². The molecular weight excluding hydrogens is 322 g/mol. The quantitative estimate of drug-likeness (QED) is 0.504. The van der Waals surface area contributed by atoms with Crippen LogP contribution in [-0.4, -0.2) is 79.3 Å². The van der Waals surface area contributed by atoms with Crippen molar-refractivity contribution >= 4 is 11.8 Å². The fourth-order valence-corrected chi connectivity index (χ4v) is 2.73. The van der Waals surface area contributed by atoms with Gasteiger partial charge in [0.2, 0.25) is 0 Å². The van der Waals surface area contributed by atoms with Gasteiger partial charge in [0.05, 0.1) is 19.8 Å². The molecule has 1 aromatic rings. The molecule has 1 fully saturated rings. The van der Waals surface area contributed by atoms with Crippen LogP contribution < -0.4 is 5.32 Å². The number of hydrogen-bond donors (Lipinski definition) is 2. The number of ether oxygens (including phenoxy) is 1. The highest BCUT2D eigenvalue weighted by Gasteiger charge is 2.21. The number of benzene rings is 1. The van der Waals surface area contributed by atoms with Gasteiger partial charge in [-0.15, -0.1) is 0 Å². The minimum atomic E-state index is -0.619. The first-order valence-corrected chi connectivity index (χ1v) is 8.72. The summed E-state index contributed by atoms with van der Waals surface area (Å²) in [5, 5.41) is 11.8. The first-order chi connectivity index (χ1) is 12.2. The topological polar surface area (TPSA) is 82.1 Å². The molecule has 1 aliphatic heterocycles. The van der Waals surface area contributed by atoms with Crippen molar-refractivity contribution in [1.29, 1.82) is 0 Å². The highest BCUT2D eigenvalue weighted by Crippen LogP contribution is 2.05. The van der Waals surface area contributed by atoms with Crippen LogP contribution in [0.2, 0.25) is 0 Å². The van der Waals surface area contributed by atoms with Crippen molar-refractivity contribution in [3.05, 3.63) is 35.9 Å². The zero-order chi connectivity index (χ0) is 17.9. The van der Waals surface area contributed by atoms with Gasteiger partial charge in [-0.05, 0) is 18.5 Å². The summed E-state index contributed by atoms with van der Waals surface area (Å²) in [5.74, 6) is -1.23. The molecule has 0 atom stereocenters. The molecule has 1 saturated heterocycles. The fourth-order valence-electron chi connectivity index (χ4n) is 2.73. The largest absolute Gasteiger partial charge is 0.395 e. The number of hydrogen-bond acceptors (Lipinski definition) is 5. The molecule has 7 nitrogen and oxygen atoms in total. The number of nitrogens with zero attached hydrogens (tertiary/aromatic N) is 2. The van der Waals surface area contributed by atoms with Crippen molar-refractivity contribution in [2.45, 2.75) is 13.0 Å². The van der Waals surface area contributed by atoms with Gasteiger partial charge < -0.3 is 20.1 Å². The van der Waals surface area contributed by atoms with Crippen molar-refractivity contribution in [3.63, 3.8) is 0 Å². The van der Waals surface area contributed by atoms with Gasteiger partial charge >= 0.3 is 11.8 Å². The monoisotopic (exact) mass is 349 g/mol. The Bertz CT molecular complexity index is 532. The van der Waals surface area contributed by atoms with Gasteiger partial charge in [-0.25, -0.2) is 0 Å². The van der Waals surface area contributed by atoms with Crippen LogP contribution in [0.1, 0.15) is 12.0 Å². The lowest BCUT2D eigenvalue weighted by molar-refractivity contribution is -0.146. The van der Waals surface area contributed by atoms with E-state index in [1.165, 1.54) is 4.90 Å². The summed E-state index contributed by atoms with van der Waals surface area (Å²) in [6.07, 6.45) is 0.789. The van der Waals surface area contributed by atoms with E-state index in [-0.39, 0.29) is 13.2 Å². The summed E-state index contributed by atoms with van der Waals surface area (Å²) >= 11 is 0. The minimum Gasteiger partial charge on any atom is -0.395 e. The second-order valence-corrected chi connectivity index (χ2v) is 6.00. The molecule has 1 aliphatic rings. The summed E-state index contributed by atoms with van der Waals surface area (Å²) in [6.45, 7) is 4.92. The maximum absolute atomic E-state index is 12.3. The Kier molecular flexibility index (Phi) is 8.38. The second kappa shape index (κ2) is 10.8. The van der Waals surface area contributed by atoms with Gasteiger partial charge in [-0.2, -0.15) is 0 Å². The van der Waals surface area contributed by atoms with Crippen LogP contribution in [0, 0.1) is 0 Å². The molecule has 0 aliphatic carbocycles. The van der Waals surface area contributed by atoms with Crippen LogP contribution in [0.3, 0.4) is 0 Å². The Labute approximate surface area is 148 Å². The van der Waals surface area contributed by atoms with E-state index in [4.69, 9.17) is 9.84 Å². The van der Waals surface area contributed by atoms with Crippen LogP contribution in [-0.2, 0) is 20.9 Å². The number of aliphatic hydroxyl groups is 1. The van der Waals surface area contributed by atoms with E-state index in [9.17, 15) is 9.59 Å². The van der Waals surface area contributed by atoms with Gasteiger partial charge in [-0.3, -0.25) is 14.5 Å². The molecular formula is C18H27N3O4. The van der Waals surface area contributed by atoms with Gasteiger partial charge in [0.1, 0.15) is 0 Å². The van der Waals surface area contributed by atoms with Gasteiger partial charge in [0.25, 0.3) is 0 Å². The lowest BCUT2D eigenvalue weighted by Crippen LogP contribution is -2.44. The summed E-state index contributed by atoms with van der Waals surface area (Å²) in [4.78, 5) is 28.0. The molecule has 2 rings (SSSR count). The summed E-state index contributed by atoms with van der Waals surface area (Å²) in [6, 6.07) is 9.42. The van der Waals surface area contributed by atoms with Gasteiger partial charge in [0, 0.05) is 32.7 Å². The third kappa shape index (κ3) is 6.81. The first kappa shape index (κ1) is 19.4. The lowest BCUT2D eigenvalue weighted by Gasteiger charge is -2.26. The van der Waals surface area contributed by atoms with E-state index in [1.54, 1.807) is 0 Å². The second-order valence-electron chi connectivity index (χ2n) is 6.00. The lowest BCUT2D eigenvalue weighted by atomic mass is 10.2. The molecule has 0 aromatic heterocycles. The Morgan fingerprint density at radius 2 is 1.92 bits per heavy atom. The Balaban J connectivity index is 1.74. The molecule has 0 radical (unpaired) electrons. The molecule has 0 bridgehead atoms. The van der Waals surface area contributed by atoms with Crippen LogP contribution >= 0.6 is 0 Å². The summed E-state index contributed by atoms with van der Waals surface area (Å²) in [5.41, 5.74) is 0.921. The van der Waals surface area contributed by atoms with E-state index in [2.05, 4.69) is 10.2 Å². The standard InChI is InChI=1S/C18H27N3O4/c22-12-9-21(15-16-5-2-1-3-6-16)18(24)17(23)19-7-4-8-20-10-13-25-14-11-20/h1-3,5-6,22H,4,7-15H2,(H,19,23). The van der Waals surface area contributed by atoms with Crippen LogP contribution in [0.15, 0.2) is 30.3 Å². The van der Waals surface area contributed by atoms with E-state index in [0.717, 1.165) is 44.8 Å². The maximum atomic E-state index is 12.3. The SMILES string of the molecule is O=C(NCCCN1CCOCC1)C(=O)N(CCO)Cc1ccccc1. The third-order valence-electron chi connectivity index (χ3n) is 4.11. The smallest absolute Gasteiger partial charge is 0.312 e. The molecule has 0 spiro atoms. The zero-order valence-corrected chi connectivity index (χ0v) is 14.5. The average molecular weight is 349 g/mol. The normalized spacial score (nSPS) is 14.9. The Hall–Kier alpha value is -1.96. The Morgan fingerprint density at radius 1 is 1.20 bits per heavy atom. The van der Waals surface area contributed by atoms with Gasteiger partial charge in [-0.1, -0.05) is 30.3 Å². The number of rotatable bonds is 8. The average Bonchev–Trinajstić information content (AvgIpc) is 2.66. The highest BCUT2D eigenvalue weighted by atomic mass is 16.5. The molecule has 0 saturated carbocycles. The maximum Gasteiger partial charge on any atom is 0.312 e. The predicted molar refractivity (Wildman–Crippen MR) is 93.8 cm³/mol. The van der Waals surface area contributed by atoms with Crippen molar-refractivity contribution < 1.29 is 19.4 Å². The fraction of sp³-hybridized carbons (Fsp3) is 0.556. The summed E-state index contributed by atoms with van der Waals surface area (Å²) in [7, 11) is 0.